The van der Waals surface area contributed by atoms with Crippen LogP contribution in [0.25, 0.3) is 5.57 Å². The SMILES string of the molecule is CN1CCN(CCCC2=C(Cc3ccccc3)Cc3ccccc32)CC1.O=C(O)C(=O)O.O=C(O)C(=O)O. The van der Waals surface area contributed by atoms with Crippen molar-refractivity contribution in [2.24, 2.45) is 0 Å². The monoisotopic (exact) mass is 526 g/mol. The first-order valence-corrected chi connectivity index (χ1v) is 12.2. The largest absolute Gasteiger partial charge is 0.473 e. The molecule has 1 heterocycles. The summed E-state index contributed by atoms with van der Waals surface area (Å²) in [6.07, 6.45) is 4.71. The van der Waals surface area contributed by atoms with Gasteiger partial charge in [0.15, 0.2) is 0 Å². The van der Waals surface area contributed by atoms with Crippen LogP contribution in [0.1, 0.15) is 29.5 Å². The third-order valence-electron chi connectivity index (χ3n) is 6.30. The number of carbonyl (C=O) groups is 4. The molecule has 0 amide bonds. The molecule has 2 aliphatic rings. The second kappa shape index (κ2) is 15.3. The summed E-state index contributed by atoms with van der Waals surface area (Å²) < 4.78 is 0. The lowest BCUT2D eigenvalue weighted by molar-refractivity contribution is -0.159. The summed E-state index contributed by atoms with van der Waals surface area (Å²) in [6, 6.07) is 20.0. The molecule has 2 aromatic carbocycles. The fourth-order valence-electron chi connectivity index (χ4n) is 4.37. The molecule has 1 aliphatic carbocycles. The Morgan fingerprint density at radius 1 is 0.737 bits per heavy atom. The molecule has 0 bridgehead atoms. The van der Waals surface area contributed by atoms with Gasteiger partial charge < -0.3 is 30.2 Å². The Morgan fingerprint density at radius 3 is 1.82 bits per heavy atom. The predicted octanol–water partition coefficient (Wildman–Crippen LogP) is 2.58. The molecule has 0 radical (unpaired) electrons. The van der Waals surface area contributed by atoms with Gasteiger partial charge in [-0.05, 0) is 61.5 Å². The number of hydrogen-bond donors (Lipinski definition) is 4. The van der Waals surface area contributed by atoms with Crippen molar-refractivity contribution in [1.29, 1.82) is 0 Å². The molecule has 0 aromatic heterocycles. The van der Waals surface area contributed by atoms with E-state index in [1.54, 1.807) is 11.1 Å². The van der Waals surface area contributed by atoms with Gasteiger partial charge in [0.25, 0.3) is 0 Å². The second-order valence-electron chi connectivity index (χ2n) is 9.05. The number of aliphatic carboxylic acids is 4. The minimum atomic E-state index is -1.82. The van der Waals surface area contributed by atoms with E-state index in [1.165, 1.54) is 62.3 Å². The molecule has 4 rings (SSSR count). The summed E-state index contributed by atoms with van der Waals surface area (Å²) in [7, 11) is 2.23. The summed E-state index contributed by atoms with van der Waals surface area (Å²) in [4.78, 5) is 41.5. The standard InChI is InChI=1S/C24H30N2.2C2H2O4/c1-25-14-16-26(17-15-25)13-7-12-24-22(18-20-8-3-2-4-9-20)19-21-10-5-6-11-23(21)24;2*3-1(4)2(5)6/h2-6,8-11H,7,12-19H2,1H3;2*(H,3,4)(H,5,6). The van der Waals surface area contributed by atoms with Crippen LogP contribution in [0.4, 0.5) is 0 Å². The summed E-state index contributed by atoms with van der Waals surface area (Å²) in [6.45, 7) is 6.11. The van der Waals surface area contributed by atoms with E-state index >= 15 is 0 Å². The van der Waals surface area contributed by atoms with Crippen LogP contribution in [0.5, 0.6) is 0 Å². The van der Waals surface area contributed by atoms with Crippen molar-refractivity contribution in [3.05, 3.63) is 76.9 Å². The van der Waals surface area contributed by atoms with Crippen LogP contribution in [0.3, 0.4) is 0 Å². The lowest BCUT2D eigenvalue weighted by Crippen LogP contribution is -2.44. The molecule has 0 spiro atoms. The Kier molecular flexibility index (Phi) is 12.1. The molecule has 38 heavy (non-hydrogen) atoms. The first-order chi connectivity index (χ1) is 18.1. The van der Waals surface area contributed by atoms with Crippen molar-refractivity contribution in [3.63, 3.8) is 0 Å². The first kappa shape index (κ1) is 30.2. The molecule has 2 aromatic rings. The summed E-state index contributed by atoms with van der Waals surface area (Å²) in [5, 5.41) is 29.6. The number of likely N-dealkylation sites (N-methyl/N-ethyl adjacent to an activating group) is 1. The fraction of sp³-hybridized carbons (Fsp3) is 0.357. The van der Waals surface area contributed by atoms with Crippen molar-refractivity contribution >= 4 is 29.5 Å². The fourth-order valence-corrected chi connectivity index (χ4v) is 4.37. The van der Waals surface area contributed by atoms with Crippen molar-refractivity contribution in [1.82, 2.24) is 9.80 Å². The highest BCUT2D eigenvalue weighted by molar-refractivity contribution is 6.27. The number of carboxylic acid groups (broad SMARTS) is 4. The number of hydrogen-bond acceptors (Lipinski definition) is 6. The highest BCUT2D eigenvalue weighted by Crippen LogP contribution is 2.37. The molecule has 0 saturated carbocycles. The maximum absolute atomic E-state index is 9.10. The van der Waals surface area contributed by atoms with Crippen LogP contribution in [-0.4, -0.2) is 93.9 Å². The molecule has 1 saturated heterocycles. The Bertz CT molecular complexity index is 1090. The lowest BCUT2D eigenvalue weighted by Gasteiger charge is -2.32. The van der Waals surface area contributed by atoms with Gasteiger partial charge in [-0.1, -0.05) is 60.2 Å². The zero-order chi connectivity index (χ0) is 28.1. The van der Waals surface area contributed by atoms with E-state index < -0.39 is 23.9 Å². The van der Waals surface area contributed by atoms with Gasteiger partial charge in [0.05, 0.1) is 0 Å². The minimum Gasteiger partial charge on any atom is -0.473 e. The highest BCUT2D eigenvalue weighted by Gasteiger charge is 2.21. The van der Waals surface area contributed by atoms with Crippen molar-refractivity contribution in [3.8, 4) is 0 Å². The minimum absolute atomic E-state index is 1.10. The van der Waals surface area contributed by atoms with Crippen molar-refractivity contribution in [2.75, 3.05) is 39.8 Å². The lowest BCUT2D eigenvalue weighted by atomic mass is 9.97. The van der Waals surface area contributed by atoms with E-state index in [4.69, 9.17) is 39.6 Å². The molecule has 0 atom stereocenters. The number of allylic oxidation sites excluding steroid dienone is 2. The van der Waals surface area contributed by atoms with E-state index in [-0.39, 0.29) is 0 Å². The maximum Gasteiger partial charge on any atom is 0.414 e. The summed E-state index contributed by atoms with van der Waals surface area (Å²) in [5.74, 6) is -7.30. The summed E-state index contributed by atoms with van der Waals surface area (Å²) in [5.41, 5.74) is 7.73. The van der Waals surface area contributed by atoms with Crippen LogP contribution in [0, 0.1) is 0 Å². The number of fused-ring (bicyclic) bond motifs is 1. The average Bonchev–Trinajstić information content (AvgIpc) is 3.23. The molecule has 4 N–H and O–H groups in total. The Morgan fingerprint density at radius 2 is 1.26 bits per heavy atom. The maximum atomic E-state index is 9.10. The zero-order valence-corrected chi connectivity index (χ0v) is 21.4. The predicted molar refractivity (Wildman–Crippen MR) is 141 cm³/mol. The zero-order valence-electron chi connectivity index (χ0n) is 21.4. The topological polar surface area (TPSA) is 156 Å². The van der Waals surface area contributed by atoms with Crippen LogP contribution in [0.15, 0.2) is 60.2 Å². The molecule has 1 fully saturated rings. The number of benzene rings is 2. The second-order valence-corrected chi connectivity index (χ2v) is 9.05. The van der Waals surface area contributed by atoms with Gasteiger partial charge in [-0.15, -0.1) is 0 Å². The number of rotatable bonds is 6. The first-order valence-electron chi connectivity index (χ1n) is 12.2. The normalized spacial score (nSPS) is 14.9. The molecule has 204 valence electrons. The third kappa shape index (κ3) is 10.2. The summed E-state index contributed by atoms with van der Waals surface area (Å²) >= 11 is 0. The molecular formula is C28H34N2O8. The smallest absolute Gasteiger partial charge is 0.414 e. The van der Waals surface area contributed by atoms with E-state index in [2.05, 4.69) is 71.4 Å². The highest BCUT2D eigenvalue weighted by atomic mass is 16.4. The van der Waals surface area contributed by atoms with E-state index in [0.717, 1.165) is 12.8 Å². The van der Waals surface area contributed by atoms with Gasteiger partial charge in [0.1, 0.15) is 0 Å². The van der Waals surface area contributed by atoms with E-state index in [1.807, 2.05) is 0 Å². The quantitative estimate of drug-likeness (QED) is 0.413. The van der Waals surface area contributed by atoms with Crippen molar-refractivity contribution < 1.29 is 39.6 Å². The number of nitrogens with zero attached hydrogens (tertiary/aromatic N) is 2. The van der Waals surface area contributed by atoms with E-state index in [9.17, 15) is 0 Å². The number of carboxylic acids is 4. The molecule has 10 heteroatoms. The average molecular weight is 527 g/mol. The van der Waals surface area contributed by atoms with Crippen LogP contribution < -0.4 is 0 Å². The van der Waals surface area contributed by atoms with E-state index in [0.29, 0.717) is 0 Å². The third-order valence-corrected chi connectivity index (χ3v) is 6.30. The Hall–Kier alpha value is -4.02. The van der Waals surface area contributed by atoms with Gasteiger partial charge in [-0.2, -0.15) is 0 Å². The van der Waals surface area contributed by atoms with Crippen molar-refractivity contribution in [2.45, 2.75) is 25.7 Å². The molecular weight excluding hydrogens is 492 g/mol. The van der Waals surface area contributed by atoms with Crippen LogP contribution >= 0.6 is 0 Å². The van der Waals surface area contributed by atoms with Gasteiger partial charge in [-0.3, -0.25) is 0 Å². The van der Waals surface area contributed by atoms with Crippen LogP contribution in [-0.2, 0) is 32.0 Å². The van der Waals surface area contributed by atoms with Gasteiger partial charge in [-0.25, -0.2) is 19.2 Å². The molecule has 1 aliphatic heterocycles. The van der Waals surface area contributed by atoms with Crippen LogP contribution in [0.2, 0.25) is 0 Å². The molecule has 10 nitrogen and oxygen atoms in total. The van der Waals surface area contributed by atoms with Gasteiger partial charge in [0.2, 0.25) is 0 Å². The Balaban J connectivity index is 0.000000355. The van der Waals surface area contributed by atoms with Gasteiger partial charge in [0, 0.05) is 26.2 Å². The van der Waals surface area contributed by atoms with Gasteiger partial charge >= 0.3 is 23.9 Å². The Labute approximate surface area is 221 Å². The number of piperazine rings is 1. The molecule has 0 unspecified atom stereocenters.